The number of nitrogens with zero attached hydrogens (tertiary/aromatic N) is 15. The molecule has 0 bridgehead atoms. The SMILES string of the molecule is CCCCNC(=O)C1=NN(c2ccccc2)C(=O)/C1=C\c1ccc(N(CC)CC)cc1.CCCCNOOSC1=NN(c2ccccc2)C(=O)/C1=C\c1ccc(N(CC)CC)cc1.CCN(CC)c1ccc(/C=C2\C(=O)N(c3ccccc3)N=C2C(C)=O)cc1.CCN(CC)c1ccc(/C=C2\C(=O)N(c3ccccc3)N=C2C)cc1.CCN(CC)c1ccc(/C=C2\C(=O)N(c3ccccc3)N=C2SOOc2ccccc2)cc1. The normalized spacial score (nSPS) is 14.9. The maximum absolute atomic E-state index is 13.2. The monoisotopic (exact) mass is 2030 g/mol. The van der Waals surface area contributed by atoms with Crippen LogP contribution in [0.4, 0.5) is 56.9 Å². The van der Waals surface area contributed by atoms with Crippen LogP contribution in [0.15, 0.2) is 357 Å². The zero-order chi connectivity index (χ0) is 105. The van der Waals surface area contributed by atoms with Gasteiger partial charge >= 0.3 is 0 Å². The van der Waals surface area contributed by atoms with Gasteiger partial charge in [-0.25, -0.2) is 0 Å². The van der Waals surface area contributed by atoms with Crippen LogP contribution in [-0.4, -0.2) is 147 Å². The van der Waals surface area contributed by atoms with Gasteiger partial charge in [0.1, 0.15) is 17.8 Å². The van der Waals surface area contributed by atoms with E-state index in [-0.39, 0.29) is 52.6 Å². The van der Waals surface area contributed by atoms with E-state index in [9.17, 15) is 33.6 Å². The van der Waals surface area contributed by atoms with E-state index in [1.165, 1.54) is 37.7 Å². The van der Waals surface area contributed by atoms with Crippen LogP contribution in [0.5, 0.6) is 5.75 Å². The Bertz CT molecular complexity index is 6560. The fourth-order valence-corrected chi connectivity index (χ4v) is 17.2. The van der Waals surface area contributed by atoms with Gasteiger partial charge in [0.25, 0.3) is 35.4 Å². The Morgan fingerprint density at radius 3 is 0.872 bits per heavy atom. The zero-order valence-electron chi connectivity index (χ0n) is 86.6. The van der Waals surface area contributed by atoms with Gasteiger partial charge in [-0.15, -0.1) is 13.7 Å². The molecular formula is C118H131N17O11S2. The Labute approximate surface area is 878 Å². The number of carbonyl (C=O) groups is 7. The molecule has 0 saturated heterocycles. The lowest BCUT2D eigenvalue weighted by atomic mass is 10.0. The molecule has 16 rings (SSSR count). The molecule has 0 unspecified atom stereocenters. The molecule has 11 aromatic rings. The van der Waals surface area contributed by atoms with Crippen molar-refractivity contribution in [2.75, 3.05) is 128 Å². The van der Waals surface area contributed by atoms with Gasteiger partial charge in [0.15, 0.2) is 27.3 Å². The first-order chi connectivity index (χ1) is 72.1. The summed E-state index contributed by atoms with van der Waals surface area (Å²) in [6, 6.07) is 96.1. The third-order valence-corrected chi connectivity index (χ3v) is 25.6. The number of amides is 6. The Morgan fingerprint density at radius 1 is 0.304 bits per heavy atom. The number of unbranched alkanes of at least 4 members (excludes halogenated alkanes) is 2. The Kier molecular flexibility index (Phi) is 43.0. The van der Waals surface area contributed by atoms with E-state index in [0.717, 1.165) is 177 Å². The van der Waals surface area contributed by atoms with Crippen molar-refractivity contribution in [2.45, 2.75) is 123 Å². The number of hydrogen-bond acceptors (Lipinski definition) is 24. The molecule has 5 aliphatic rings. The highest BCUT2D eigenvalue weighted by atomic mass is 32.2. The molecule has 0 fully saturated rings. The summed E-state index contributed by atoms with van der Waals surface area (Å²) in [6.07, 6.45) is 12.9. The molecule has 0 aliphatic carbocycles. The minimum Gasteiger partial charge on any atom is -0.372 e. The molecule has 0 spiro atoms. The predicted octanol–water partition coefficient (Wildman–Crippen LogP) is 23.6. The van der Waals surface area contributed by atoms with Gasteiger partial charge in [-0.2, -0.15) is 56.0 Å². The van der Waals surface area contributed by atoms with E-state index in [1.54, 1.807) is 48.6 Å². The molecule has 28 nitrogen and oxygen atoms in total. The van der Waals surface area contributed by atoms with Crippen molar-refractivity contribution in [1.82, 2.24) is 10.8 Å². The summed E-state index contributed by atoms with van der Waals surface area (Å²) in [5.74, 6) is -1.12. The Morgan fingerprint density at radius 2 is 0.561 bits per heavy atom. The van der Waals surface area contributed by atoms with Crippen LogP contribution < -0.4 is 65.2 Å². The number of anilines is 10. The highest BCUT2D eigenvalue weighted by Crippen LogP contribution is 2.36. The fourth-order valence-electron chi connectivity index (χ4n) is 16.2. The van der Waals surface area contributed by atoms with E-state index in [0.29, 0.717) is 79.5 Å². The molecule has 11 aromatic carbocycles. The second-order valence-corrected chi connectivity index (χ2v) is 35.3. The molecule has 766 valence electrons. The summed E-state index contributed by atoms with van der Waals surface area (Å²) >= 11 is 1.83. The molecule has 0 aromatic heterocycles. The minimum absolute atomic E-state index is 0.0866. The first-order valence-electron chi connectivity index (χ1n) is 50.4. The maximum atomic E-state index is 13.2. The molecule has 0 saturated carbocycles. The number of hydrogen-bond donors (Lipinski definition) is 2. The van der Waals surface area contributed by atoms with E-state index in [2.05, 4.69) is 180 Å². The van der Waals surface area contributed by atoms with Gasteiger partial charge in [0.2, 0.25) is 0 Å². The summed E-state index contributed by atoms with van der Waals surface area (Å²) in [5.41, 5.74) is 19.7. The van der Waals surface area contributed by atoms with Crippen LogP contribution >= 0.6 is 24.1 Å². The number of benzene rings is 11. The van der Waals surface area contributed by atoms with Gasteiger partial charge in [-0.05, 0) is 281 Å². The number of rotatable bonds is 39. The van der Waals surface area contributed by atoms with Crippen LogP contribution in [0, 0.1) is 0 Å². The number of ketones is 1. The molecule has 5 heterocycles. The summed E-state index contributed by atoms with van der Waals surface area (Å²) in [7, 11) is 0. The Balaban J connectivity index is 0.000000165. The summed E-state index contributed by atoms with van der Waals surface area (Å²) in [4.78, 5) is 112. The Hall–Kier alpha value is -15.7. The third-order valence-electron chi connectivity index (χ3n) is 24.4. The van der Waals surface area contributed by atoms with Crippen molar-refractivity contribution in [3.63, 3.8) is 0 Å². The van der Waals surface area contributed by atoms with Crippen LogP contribution in [0.2, 0.25) is 0 Å². The average Bonchev–Trinajstić information content (AvgIpc) is 1.64. The van der Waals surface area contributed by atoms with Crippen molar-refractivity contribution in [1.29, 1.82) is 0 Å². The van der Waals surface area contributed by atoms with Crippen LogP contribution in [-0.2, 0) is 47.2 Å². The van der Waals surface area contributed by atoms with Crippen molar-refractivity contribution >= 4 is 180 Å². The number of nitrogens with one attached hydrogen (secondary N) is 2. The second kappa shape index (κ2) is 57.3. The summed E-state index contributed by atoms with van der Waals surface area (Å²) in [6.45, 7) is 39.4. The van der Waals surface area contributed by atoms with Gasteiger partial charge in [-0.3, -0.25) is 33.6 Å². The van der Waals surface area contributed by atoms with Gasteiger partial charge in [0, 0.05) is 114 Å². The first-order valence-corrected chi connectivity index (χ1v) is 51.9. The number of para-hydroxylation sites is 6. The van der Waals surface area contributed by atoms with Gasteiger partial charge in [-0.1, -0.05) is 197 Å². The lowest BCUT2D eigenvalue weighted by Crippen LogP contribution is -2.32. The van der Waals surface area contributed by atoms with E-state index < -0.39 is 0 Å². The molecule has 0 radical (unpaired) electrons. The molecular weight excluding hydrogens is 1900 g/mol. The summed E-state index contributed by atoms with van der Waals surface area (Å²) < 4.78 is 10.5. The maximum Gasteiger partial charge on any atom is 0.281 e. The quantitative estimate of drug-likeness (QED) is 0.0119. The largest absolute Gasteiger partial charge is 0.372 e. The summed E-state index contributed by atoms with van der Waals surface area (Å²) in [5, 5.41) is 32.6. The molecule has 30 heteroatoms. The fraction of sp³-hybridized carbons (Fsp3) is 0.254. The smallest absolute Gasteiger partial charge is 0.281 e. The van der Waals surface area contributed by atoms with Gasteiger partial charge < -0.3 is 34.7 Å². The van der Waals surface area contributed by atoms with Crippen LogP contribution in [0.1, 0.15) is 150 Å². The average molecular weight is 2030 g/mol. The third kappa shape index (κ3) is 30.0. The van der Waals surface area contributed by atoms with Crippen LogP contribution in [0.25, 0.3) is 30.4 Å². The second-order valence-electron chi connectivity index (χ2n) is 34.0. The molecule has 148 heavy (non-hydrogen) atoms. The van der Waals surface area contributed by atoms with Crippen molar-refractivity contribution < 1.29 is 52.1 Å². The van der Waals surface area contributed by atoms with Gasteiger partial charge in [0.05, 0.1) is 74.1 Å². The predicted molar refractivity (Wildman–Crippen MR) is 609 cm³/mol. The number of Topliss-reactive ketones (excluding diaryl/α,β-unsaturated/α-hetero) is 1. The lowest BCUT2D eigenvalue weighted by Gasteiger charge is -2.20. The standard InChI is InChI=1S/C26H25N3O3S.C25H30N4O2.C24H30N4O3S.C22H23N3O2.C21H23N3O/c1-3-28(4-2)21-17-15-20(16-18-21)19-24-25(33-32-31-23-13-9-6-10-14-23)27-29(26(24)30)22-11-7-5-8-12-22;1-4-7-17-26-24(30)23-22(25(31)29(27-23)21-11-9-8-10-12-21)18-19-13-15-20(16-14-19)28(5-2)6-3;1-4-7-17-25-30-31-32-23-22(24(29)28(26-23)21-11-9-8-10-12-21)18-19-13-15-20(16-14-19)27(5-2)6-3;1-4-24(5-2)18-13-11-17(12-14-18)15-20-21(16(3)26)23-25(22(20)27)19-9-7-6-8-10-19;1-4-23(5-2)18-13-11-17(12-14-18)15-20-16(3)22-24(21(20)25)19-9-7-6-8-10-19/h5-19H,3-4H2,1-2H3;8-16,18H,4-7,17H2,1-3H3,(H,26,30);8-16,18,25H,4-7,17H2,1-3H3;6-15H,4-5H2,1-3H3;6-15H,4-5H2,1-3H3/b24-19-;2*22-18-;2*20-15-. The van der Waals surface area contributed by atoms with Crippen LogP contribution in [0.3, 0.4) is 0 Å². The number of hydroxylamine groups is 1. The molecule has 6 amide bonds. The van der Waals surface area contributed by atoms with Crippen molar-refractivity contribution in [3.05, 3.63) is 359 Å². The first kappa shape index (κ1) is 111. The number of hydrazone groups is 5. The molecule has 2 N–H and O–H groups in total. The van der Waals surface area contributed by atoms with E-state index in [1.807, 2.05) is 256 Å². The molecule has 0 atom stereocenters. The minimum atomic E-state index is -0.328. The van der Waals surface area contributed by atoms with Crippen molar-refractivity contribution in [3.8, 4) is 5.75 Å². The molecule has 5 aliphatic heterocycles. The lowest BCUT2D eigenvalue weighted by molar-refractivity contribution is -0.243. The number of carbonyl (C=O) groups excluding carboxylic acids is 7. The zero-order valence-corrected chi connectivity index (χ0v) is 88.2. The highest BCUT2D eigenvalue weighted by molar-refractivity contribution is 8.10. The highest BCUT2D eigenvalue weighted by Gasteiger charge is 2.39. The van der Waals surface area contributed by atoms with Crippen molar-refractivity contribution in [2.24, 2.45) is 25.5 Å². The topological polar surface area (TPSA) is 275 Å². The van der Waals surface area contributed by atoms with E-state index >= 15 is 0 Å². The van der Waals surface area contributed by atoms with E-state index in [4.69, 9.17) is 18.5 Å².